The molecule has 0 bridgehead atoms. The second kappa shape index (κ2) is 3.91. The number of halogens is 2. The van der Waals surface area contributed by atoms with Gasteiger partial charge in [0.1, 0.15) is 5.82 Å². The Hall–Kier alpha value is -1.35. The molecule has 84 valence electrons. The third-order valence-electron chi connectivity index (χ3n) is 2.54. The minimum atomic E-state index is -0.526. The Morgan fingerprint density at radius 3 is 2.62 bits per heavy atom. The van der Waals surface area contributed by atoms with E-state index in [1.54, 1.807) is 6.07 Å². The molecule has 0 unspecified atom stereocenters. The summed E-state index contributed by atoms with van der Waals surface area (Å²) in [4.78, 5) is 14.3. The molecular weight excluding hydrogens is 229 g/mol. The predicted octanol–water partition coefficient (Wildman–Crippen LogP) is 3.44. The van der Waals surface area contributed by atoms with Crippen LogP contribution in [0.5, 0.6) is 0 Å². The smallest absolute Gasteiger partial charge is 0.251 e. The second-order valence-corrected chi connectivity index (χ2v) is 4.47. The molecule has 1 aromatic heterocycles. The fraction of sp³-hybridized carbons (Fsp3) is 0.250. The number of hydrogen-bond acceptors (Lipinski definition) is 1. The van der Waals surface area contributed by atoms with Gasteiger partial charge in [0, 0.05) is 10.9 Å². The van der Waals surface area contributed by atoms with Crippen molar-refractivity contribution in [3.63, 3.8) is 0 Å². The largest absolute Gasteiger partial charge is 0.322 e. The summed E-state index contributed by atoms with van der Waals surface area (Å²) in [5.74, 6) is -0.404. The van der Waals surface area contributed by atoms with Crippen molar-refractivity contribution in [2.45, 2.75) is 19.8 Å². The summed E-state index contributed by atoms with van der Waals surface area (Å²) in [6.07, 6.45) is 0. The summed E-state index contributed by atoms with van der Waals surface area (Å²) in [7, 11) is 0. The Bertz CT molecular complexity index is 604. The third kappa shape index (κ3) is 1.83. The van der Waals surface area contributed by atoms with E-state index in [-0.39, 0.29) is 16.5 Å². The Balaban J connectivity index is 2.80. The molecule has 4 heteroatoms. The van der Waals surface area contributed by atoms with E-state index in [1.165, 1.54) is 12.1 Å². The number of nitrogens with one attached hydrogen (secondary N) is 1. The SMILES string of the molecule is CC(C)c1cc2cc(Cl)c(F)cc2[nH]c1=O. The zero-order chi connectivity index (χ0) is 11.9. The van der Waals surface area contributed by atoms with Gasteiger partial charge in [0.25, 0.3) is 5.56 Å². The summed E-state index contributed by atoms with van der Waals surface area (Å²) in [5.41, 5.74) is 0.968. The summed E-state index contributed by atoms with van der Waals surface area (Å²) < 4.78 is 13.2. The van der Waals surface area contributed by atoms with Gasteiger partial charge in [-0.1, -0.05) is 25.4 Å². The number of pyridine rings is 1. The molecule has 0 aliphatic heterocycles. The number of benzene rings is 1. The minimum absolute atomic E-state index is 0.0641. The third-order valence-corrected chi connectivity index (χ3v) is 2.83. The Labute approximate surface area is 97.1 Å². The van der Waals surface area contributed by atoms with Crippen LogP contribution in [-0.4, -0.2) is 4.98 Å². The van der Waals surface area contributed by atoms with E-state index in [9.17, 15) is 9.18 Å². The highest BCUT2D eigenvalue weighted by atomic mass is 35.5. The van der Waals surface area contributed by atoms with Crippen molar-refractivity contribution in [2.75, 3.05) is 0 Å². The van der Waals surface area contributed by atoms with Crippen molar-refractivity contribution < 1.29 is 4.39 Å². The van der Waals surface area contributed by atoms with Gasteiger partial charge < -0.3 is 4.98 Å². The Kier molecular flexibility index (Phi) is 2.72. The molecule has 1 N–H and O–H groups in total. The van der Waals surface area contributed by atoms with E-state index < -0.39 is 5.82 Å². The fourth-order valence-electron chi connectivity index (χ4n) is 1.65. The molecular formula is C12H11ClFNO. The van der Waals surface area contributed by atoms with Crippen LogP contribution in [0.1, 0.15) is 25.3 Å². The molecule has 16 heavy (non-hydrogen) atoms. The van der Waals surface area contributed by atoms with E-state index >= 15 is 0 Å². The quantitative estimate of drug-likeness (QED) is 0.812. The van der Waals surface area contributed by atoms with Crippen LogP contribution in [0.2, 0.25) is 5.02 Å². The normalized spacial score (nSPS) is 11.3. The summed E-state index contributed by atoms with van der Waals surface area (Å²) in [6, 6.07) is 4.52. The summed E-state index contributed by atoms with van der Waals surface area (Å²) in [6.45, 7) is 3.86. The van der Waals surface area contributed by atoms with Crippen molar-refractivity contribution in [1.29, 1.82) is 0 Å². The van der Waals surface area contributed by atoms with Gasteiger partial charge >= 0.3 is 0 Å². The van der Waals surface area contributed by atoms with Gasteiger partial charge in [0.15, 0.2) is 0 Å². The molecule has 0 radical (unpaired) electrons. The number of hydrogen-bond donors (Lipinski definition) is 1. The van der Waals surface area contributed by atoms with Crippen LogP contribution in [0.25, 0.3) is 10.9 Å². The number of H-pyrrole nitrogens is 1. The van der Waals surface area contributed by atoms with Crippen LogP contribution in [0.15, 0.2) is 23.0 Å². The van der Waals surface area contributed by atoms with E-state index in [4.69, 9.17) is 11.6 Å². The molecule has 1 heterocycles. The predicted molar refractivity (Wildman–Crippen MR) is 63.6 cm³/mol. The number of rotatable bonds is 1. The Morgan fingerprint density at radius 2 is 2.00 bits per heavy atom. The molecule has 0 fully saturated rings. The maximum atomic E-state index is 13.2. The standard InChI is InChI=1S/C12H11ClFNO/c1-6(2)8-3-7-4-9(13)10(14)5-11(7)15-12(8)16/h3-6H,1-2H3,(H,15,16). The van der Waals surface area contributed by atoms with E-state index in [2.05, 4.69) is 4.98 Å². The van der Waals surface area contributed by atoms with Crippen molar-refractivity contribution in [3.8, 4) is 0 Å². The molecule has 0 spiro atoms. The maximum Gasteiger partial charge on any atom is 0.251 e. The first-order valence-electron chi connectivity index (χ1n) is 5.01. The highest BCUT2D eigenvalue weighted by Crippen LogP contribution is 2.22. The van der Waals surface area contributed by atoms with Gasteiger partial charge in [-0.15, -0.1) is 0 Å². The average Bonchev–Trinajstić information content (AvgIpc) is 2.19. The number of aromatic amines is 1. The maximum absolute atomic E-state index is 13.2. The molecule has 2 nitrogen and oxygen atoms in total. The topological polar surface area (TPSA) is 32.9 Å². The van der Waals surface area contributed by atoms with E-state index in [1.807, 2.05) is 13.8 Å². The molecule has 0 saturated carbocycles. The highest BCUT2D eigenvalue weighted by Gasteiger charge is 2.09. The van der Waals surface area contributed by atoms with Crippen LogP contribution in [0, 0.1) is 5.82 Å². The zero-order valence-corrected chi connectivity index (χ0v) is 9.73. The molecule has 0 amide bonds. The molecule has 0 aliphatic carbocycles. The monoisotopic (exact) mass is 239 g/mol. The molecule has 2 rings (SSSR count). The van der Waals surface area contributed by atoms with Gasteiger partial charge in [-0.2, -0.15) is 0 Å². The van der Waals surface area contributed by atoms with E-state index in [0.29, 0.717) is 11.1 Å². The van der Waals surface area contributed by atoms with Crippen molar-refractivity contribution in [3.05, 3.63) is 45.0 Å². The van der Waals surface area contributed by atoms with Crippen molar-refractivity contribution in [1.82, 2.24) is 4.98 Å². The lowest BCUT2D eigenvalue weighted by Gasteiger charge is -2.06. The lowest BCUT2D eigenvalue weighted by molar-refractivity contribution is 0.629. The summed E-state index contributed by atoms with van der Waals surface area (Å²) >= 11 is 5.69. The first kappa shape index (κ1) is 11.1. The van der Waals surface area contributed by atoms with Crippen molar-refractivity contribution >= 4 is 22.5 Å². The van der Waals surface area contributed by atoms with Gasteiger partial charge in [-0.05, 0) is 24.1 Å². The first-order valence-corrected chi connectivity index (χ1v) is 5.39. The van der Waals surface area contributed by atoms with Crippen LogP contribution in [0.3, 0.4) is 0 Å². The number of fused-ring (bicyclic) bond motifs is 1. The summed E-state index contributed by atoms with van der Waals surface area (Å²) in [5, 5.41) is 0.809. The fourth-order valence-corrected chi connectivity index (χ4v) is 1.82. The van der Waals surface area contributed by atoms with Crippen LogP contribution >= 0.6 is 11.6 Å². The van der Waals surface area contributed by atoms with Crippen LogP contribution in [0.4, 0.5) is 4.39 Å². The molecule has 0 saturated heterocycles. The van der Waals surface area contributed by atoms with Crippen LogP contribution < -0.4 is 5.56 Å². The lowest BCUT2D eigenvalue weighted by Crippen LogP contribution is -2.13. The average molecular weight is 240 g/mol. The number of aromatic nitrogens is 1. The van der Waals surface area contributed by atoms with Crippen LogP contribution in [-0.2, 0) is 0 Å². The van der Waals surface area contributed by atoms with E-state index in [0.717, 1.165) is 5.39 Å². The minimum Gasteiger partial charge on any atom is -0.322 e. The molecule has 2 aromatic rings. The van der Waals surface area contributed by atoms with Gasteiger partial charge in [-0.3, -0.25) is 4.79 Å². The highest BCUT2D eigenvalue weighted by molar-refractivity contribution is 6.31. The van der Waals surface area contributed by atoms with Gasteiger partial charge in [-0.25, -0.2) is 4.39 Å². The molecule has 1 aromatic carbocycles. The molecule has 0 aliphatic rings. The Morgan fingerprint density at radius 1 is 1.31 bits per heavy atom. The van der Waals surface area contributed by atoms with Gasteiger partial charge in [0.05, 0.1) is 10.5 Å². The first-order chi connectivity index (χ1) is 7.49. The lowest BCUT2D eigenvalue weighted by atomic mass is 10.0. The van der Waals surface area contributed by atoms with Gasteiger partial charge in [0.2, 0.25) is 0 Å². The zero-order valence-electron chi connectivity index (χ0n) is 8.97. The van der Waals surface area contributed by atoms with Crippen molar-refractivity contribution in [2.24, 2.45) is 0 Å². The molecule has 0 atom stereocenters. The second-order valence-electron chi connectivity index (χ2n) is 4.06.